The van der Waals surface area contributed by atoms with Crippen molar-refractivity contribution in [2.24, 2.45) is 0 Å². The zero-order valence-corrected chi connectivity index (χ0v) is 14.7. The molecule has 0 unspecified atom stereocenters. The van der Waals surface area contributed by atoms with Crippen LogP contribution >= 0.6 is 0 Å². The molecule has 1 amide bonds. The van der Waals surface area contributed by atoms with Gasteiger partial charge in [0.05, 0.1) is 0 Å². The van der Waals surface area contributed by atoms with E-state index in [4.69, 9.17) is 0 Å². The van der Waals surface area contributed by atoms with E-state index >= 15 is 0 Å². The van der Waals surface area contributed by atoms with E-state index in [0.29, 0.717) is 24.2 Å². The molecule has 0 saturated heterocycles. The van der Waals surface area contributed by atoms with Gasteiger partial charge in [0.15, 0.2) is 0 Å². The van der Waals surface area contributed by atoms with Gasteiger partial charge in [-0.3, -0.25) is 4.79 Å². The molecule has 3 aromatic rings. The Bertz CT molecular complexity index is 882. The Morgan fingerprint density at radius 1 is 0.852 bits per heavy atom. The average molecular weight is 366 g/mol. The van der Waals surface area contributed by atoms with Crippen LogP contribution in [0.2, 0.25) is 0 Å². The first-order chi connectivity index (χ1) is 13.1. The van der Waals surface area contributed by atoms with Gasteiger partial charge in [0.1, 0.15) is 17.7 Å². The Morgan fingerprint density at radius 2 is 1.52 bits per heavy atom. The summed E-state index contributed by atoms with van der Waals surface area (Å²) in [6.07, 6.45) is 0.458. The van der Waals surface area contributed by atoms with Crippen molar-refractivity contribution in [3.63, 3.8) is 0 Å². The molecular formula is C22H20F2N2O. The normalized spacial score (nSPS) is 11.8. The second-order valence-corrected chi connectivity index (χ2v) is 6.14. The van der Waals surface area contributed by atoms with Gasteiger partial charge in [-0.25, -0.2) is 8.78 Å². The minimum atomic E-state index is -0.608. The number of nitrogens with one attached hydrogen (secondary N) is 2. The molecule has 0 aliphatic carbocycles. The molecule has 5 heteroatoms. The monoisotopic (exact) mass is 366 g/mol. The zero-order chi connectivity index (χ0) is 19.1. The molecule has 3 rings (SSSR count). The van der Waals surface area contributed by atoms with Gasteiger partial charge < -0.3 is 10.6 Å². The molecular weight excluding hydrogens is 346 g/mol. The summed E-state index contributed by atoms with van der Waals surface area (Å²) in [5, 5.41) is 5.98. The average Bonchev–Trinajstić information content (AvgIpc) is 2.69. The van der Waals surface area contributed by atoms with Crippen LogP contribution in [-0.2, 0) is 11.2 Å². The highest BCUT2D eigenvalue weighted by Crippen LogP contribution is 2.17. The summed E-state index contributed by atoms with van der Waals surface area (Å²) in [7, 11) is 0. The Balaban J connectivity index is 1.70. The van der Waals surface area contributed by atoms with Crippen molar-refractivity contribution < 1.29 is 13.6 Å². The number of anilines is 1. The molecule has 0 heterocycles. The van der Waals surface area contributed by atoms with Crippen molar-refractivity contribution in [1.29, 1.82) is 0 Å². The third kappa shape index (κ3) is 5.21. The lowest BCUT2D eigenvalue weighted by molar-refractivity contribution is -0.118. The topological polar surface area (TPSA) is 41.1 Å². The van der Waals surface area contributed by atoms with Crippen LogP contribution in [0.3, 0.4) is 0 Å². The molecule has 0 radical (unpaired) electrons. The SMILES string of the molecule is O=C(Nc1ccc(F)cc1)[C@H](NCCc1ccccc1F)c1ccccc1. The van der Waals surface area contributed by atoms with Gasteiger partial charge in [-0.15, -0.1) is 0 Å². The minimum absolute atomic E-state index is 0.258. The summed E-state index contributed by atoms with van der Waals surface area (Å²) in [6, 6.07) is 20.9. The predicted molar refractivity (Wildman–Crippen MR) is 102 cm³/mol. The van der Waals surface area contributed by atoms with Gasteiger partial charge in [-0.2, -0.15) is 0 Å². The maximum absolute atomic E-state index is 13.8. The van der Waals surface area contributed by atoms with E-state index in [9.17, 15) is 13.6 Å². The Labute approximate surface area is 157 Å². The summed E-state index contributed by atoms with van der Waals surface area (Å²) in [6.45, 7) is 0.428. The summed E-state index contributed by atoms with van der Waals surface area (Å²) < 4.78 is 26.8. The third-order valence-electron chi connectivity index (χ3n) is 4.21. The first-order valence-corrected chi connectivity index (χ1v) is 8.71. The lowest BCUT2D eigenvalue weighted by Crippen LogP contribution is -2.34. The quantitative estimate of drug-likeness (QED) is 0.647. The third-order valence-corrected chi connectivity index (χ3v) is 4.21. The van der Waals surface area contributed by atoms with E-state index in [2.05, 4.69) is 10.6 Å². The molecule has 2 N–H and O–H groups in total. The molecule has 0 aliphatic rings. The van der Waals surface area contributed by atoms with Crippen molar-refractivity contribution in [1.82, 2.24) is 5.32 Å². The van der Waals surface area contributed by atoms with Crippen LogP contribution in [0, 0.1) is 11.6 Å². The molecule has 0 spiro atoms. The van der Waals surface area contributed by atoms with Gasteiger partial charge in [0, 0.05) is 12.2 Å². The molecule has 27 heavy (non-hydrogen) atoms. The fraction of sp³-hybridized carbons (Fsp3) is 0.136. The van der Waals surface area contributed by atoms with Gasteiger partial charge in [0.2, 0.25) is 5.91 Å². The molecule has 0 bridgehead atoms. The van der Waals surface area contributed by atoms with E-state index in [1.807, 2.05) is 30.3 Å². The standard InChI is InChI=1S/C22H20F2N2O/c23-18-10-12-19(13-11-18)26-22(27)21(17-7-2-1-3-8-17)25-15-14-16-6-4-5-9-20(16)24/h1-13,21,25H,14-15H2,(H,26,27)/t21-/m1/s1. The minimum Gasteiger partial charge on any atom is -0.324 e. The van der Waals surface area contributed by atoms with Crippen LogP contribution in [0.5, 0.6) is 0 Å². The second-order valence-electron chi connectivity index (χ2n) is 6.14. The van der Waals surface area contributed by atoms with Crippen LogP contribution in [0.25, 0.3) is 0 Å². The van der Waals surface area contributed by atoms with E-state index in [0.717, 1.165) is 5.56 Å². The van der Waals surface area contributed by atoms with Gasteiger partial charge in [-0.05, 0) is 47.9 Å². The highest BCUT2D eigenvalue weighted by Gasteiger charge is 2.20. The van der Waals surface area contributed by atoms with Crippen LogP contribution in [-0.4, -0.2) is 12.5 Å². The number of carbonyl (C=O) groups is 1. The van der Waals surface area contributed by atoms with Crippen LogP contribution in [0.4, 0.5) is 14.5 Å². The second kappa shape index (κ2) is 9.05. The Kier molecular flexibility index (Phi) is 6.28. The van der Waals surface area contributed by atoms with Gasteiger partial charge >= 0.3 is 0 Å². The van der Waals surface area contributed by atoms with Crippen LogP contribution in [0.15, 0.2) is 78.9 Å². The molecule has 0 fully saturated rings. The summed E-state index contributed by atoms with van der Waals surface area (Å²) >= 11 is 0. The van der Waals surface area contributed by atoms with Crippen molar-refractivity contribution in [2.45, 2.75) is 12.5 Å². The predicted octanol–water partition coefficient (Wildman–Crippen LogP) is 4.48. The number of hydrogen-bond acceptors (Lipinski definition) is 2. The lowest BCUT2D eigenvalue weighted by Gasteiger charge is -2.19. The molecule has 0 saturated carbocycles. The highest BCUT2D eigenvalue weighted by atomic mass is 19.1. The van der Waals surface area contributed by atoms with Crippen molar-refractivity contribution >= 4 is 11.6 Å². The molecule has 0 aliphatic heterocycles. The number of carbonyl (C=O) groups excluding carboxylic acids is 1. The fourth-order valence-corrected chi connectivity index (χ4v) is 2.81. The summed E-state index contributed by atoms with van der Waals surface area (Å²) in [5.41, 5.74) is 1.90. The smallest absolute Gasteiger partial charge is 0.246 e. The number of halogens is 2. The fourth-order valence-electron chi connectivity index (χ4n) is 2.81. The van der Waals surface area contributed by atoms with E-state index in [-0.39, 0.29) is 17.5 Å². The largest absolute Gasteiger partial charge is 0.324 e. The van der Waals surface area contributed by atoms with E-state index < -0.39 is 6.04 Å². The molecule has 3 nitrogen and oxygen atoms in total. The molecule has 138 valence electrons. The zero-order valence-electron chi connectivity index (χ0n) is 14.7. The maximum Gasteiger partial charge on any atom is 0.246 e. The summed E-state index contributed by atoms with van der Waals surface area (Å²) in [4.78, 5) is 12.8. The summed E-state index contributed by atoms with van der Waals surface area (Å²) in [5.74, 6) is -0.886. The van der Waals surface area contributed by atoms with E-state index in [1.165, 1.54) is 30.3 Å². The molecule has 3 aromatic carbocycles. The number of hydrogen-bond donors (Lipinski definition) is 2. The van der Waals surface area contributed by atoms with E-state index in [1.54, 1.807) is 18.2 Å². The molecule has 0 aromatic heterocycles. The first-order valence-electron chi connectivity index (χ1n) is 8.71. The van der Waals surface area contributed by atoms with Crippen LogP contribution < -0.4 is 10.6 Å². The van der Waals surface area contributed by atoms with Crippen LogP contribution in [0.1, 0.15) is 17.2 Å². The number of rotatable bonds is 7. The van der Waals surface area contributed by atoms with Gasteiger partial charge in [-0.1, -0.05) is 48.5 Å². The Morgan fingerprint density at radius 3 is 2.22 bits per heavy atom. The Hall–Kier alpha value is -3.05. The first kappa shape index (κ1) is 18.7. The van der Waals surface area contributed by atoms with Crippen molar-refractivity contribution in [3.05, 3.63) is 102 Å². The number of benzene rings is 3. The molecule has 1 atom stereocenters. The number of amides is 1. The highest BCUT2D eigenvalue weighted by molar-refractivity contribution is 5.95. The lowest BCUT2D eigenvalue weighted by atomic mass is 10.1. The van der Waals surface area contributed by atoms with Crippen molar-refractivity contribution in [2.75, 3.05) is 11.9 Å². The van der Waals surface area contributed by atoms with Crippen molar-refractivity contribution in [3.8, 4) is 0 Å². The maximum atomic E-state index is 13.8. The van der Waals surface area contributed by atoms with Gasteiger partial charge in [0.25, 0.3) is 0 Å².